The molecule has 4 heteroatoms. The fraction of sp³-hybridized carbons (Fsp3) is 0.833. The summed E-state index contributed by atoms with van der Waals surface area (Å²) in [6.45, 7) is 2.90. The molecule has 2 fully saturated rings. The normalized spacial score (nSPS) is 31.3. The largest absolute Gasteiger partial charge is 0.378 e. The zero-order chi connectivity index (χ0) is 11.0. The predicted molar refractivity (Wildman–Crippen MR) is 60.4 cm³/mol. The van der Waals surface area contributed by atoms with E-state index in [2.05, 4.69) is 22.1 Å². The molecule has 1 aromatic rings. The third-order valence-electron chi connectivity index (χ3n) is 3.83. The lowest BCUT2D eigenvalue weighted by Crippen LogP contribution is -2.01. The average molecular weight is 221 g/mol. The molecule has 2 aliphatic rings. The Bertz CT molecular complexity index is 357. The van der Waals surface area contributed by atoms with Crippen molar-refractivity contribution >= 4 is 0 Å². The molecule has 1 saturated heterocycles. The number of hydrogen-bond acceptors (Lipinski definition) is 3. The number of rotatable bonds is 2. The van der Waals surface area contributed by atoms with Crippen molar-refractivity contribution in [2.45, 2.75) is 57.0 Å². The van der Waals surface area contributed by atoms with Crippen LogP contribution in [0.1, 0.15) is 62.5 Å². The maximum absolute atomic E-state index is 5.56. The van der Waals surface area contributed by atoms with Crippen molar-refractivity contribution < 1.29 is 4.74 Å². The van der Waals surface area contributed by atoms with Crippen molar-refractivity contribution in [3.63, 3.8) is 0 Å². The highest BCUT2D eigenvalue weighted by atomic mass is 16.5. The minimum absolute atomic E-state index is 0.360. The van der Waals surface area contributed by atoms with Gasteiger partial charge < -0.3 is 4.74 Å². The van der Waals surface area contributed by atoms with Crippen molar-refractivity contribution in [1.82, 2.24) is 15.2 Å². The maximum atomic E-state index is 5.56. The monoisotopic (exact) mass is 221 g/mol. The molecule has 0 aromatic carbocycles. The van der Waals surface area contributed by atoms with Crippen LogP contribution in [0.3, 0.4) is 0 Å². The van der Waals surface area contributed by atoms with Crippen LogP contribution in [0.25, 0.3) is 0 Å². The van der Waals surface area contributed by atoms with Gasteiger partial charge in [-0.05, 0) is 26.2 Å². The molecule has 0 amide bonds. The standard InChI is InChI=1S/C12H19N3O/c1-8-6-10(7-16-8)12-13-11(14-15-12)9-4-2-3-5-9/h8-10H,2-7H2,1H3,(H,13,14,15). The third-order valence-corrected chi connectivity index (χ3v) is 3.83. The van der Waals surface area contributed by atoms with E-state index in [1.165, 1.54) is 25.7 Å². The SMILES string of the molecule is CC1CC(c2n[nH]c(C3CCCC3)n2)CO1. The predicted octanol–water partition coefficient (Wildman–Crippen LogP) is 2.35. The first-order valence-electron chi connectivity index (χ1n) is 6.36. The summed E-state index contributed by atoms with van der Waals surface area (Å²) in [4.78, 5) is 4.66. The highest BCUT2D eigenvalue weighted by Crippen LogP contribution is 2.33. The Morgan fingerprint density at radius 2 is 2.06 bits per heavy atom. The van der Waals surface area contributed by atoms with Crippen LogP contribution in [0.4, 0.5) is 0 Å². The highest BCUT2D eigenvalue weighted by Gasteiger charge is 2.28. The van der Waals surface area contributed by atoms with Crippen molar-refractivity contribution in [3.8, 4) is 0 Å². The van der Waals surface area contributed by atoms with Crippen LogP contribution in [0.2, 0.25) is 0 Å². The number of nitrogens with zero attached hydrogens (tertiary/aromatic N) is 2. The van der Waals surface area contributed by atoms with E-state index in [0.717, 1.165) is 24.7 Å². The van der Waals surface area contributed by atoms with Crippen LogP contribution in [0, 0.1) is 0 Å². The lowest BCUT2D eigenvalue weighted by Gasteiger charge is -2.03. The number of aromatic nitrogens is 3. The number of hydrogen-bond donors (Lipinski definition) is 1. The van der Waals surface area contributed by atoms with Gasteiger partial charge in [-0.2, -0.15) is 5.10 Å². The molecule has 1 aromatic heterocycles. The molecule has 3 rings (SSSR count). The van der Waals surface area contributed by atoms with Gasteiger partial charge in [0.25, 0.3) is 0 Å². The molecule has 0 spiro atoms. The van der Waals surface area contributed by atoms with Gasteiger partial charge in [0.2, 0.25) is 0 Å². The quantitative estimate of drug-likeness (QED) is 0.834. The summed E-state index contributed by atoms with van der Waals surface area (Å²) in [5, 5.41) is 7.48. The van der Waals surface area contributed by atoms with E-state index in [-0.39, 0.29) is 0 Å². The Morgan fingerprint density at radius 3 is 2.75 bits per heavy atom. The van der Waals surface area contributed by atoms with Crippen molar-refractivity contribution in [1.29, 1.82) is 0 Å². The summed E-state index contributed by atoms with van der Waals surface area (Å²) in [5.41, 5.74) is 0. The molecule has 2 atom stereocenters. The molecule has 1 saturated carbocycles. The van der Waals surface area contributed by atoms with Gasteiger partial charge in [-0.3, -0.25) is 5.10 Å². The lowest BCUT2D eigenvalue weighted by atomic mass is 10.1. The summed E-state index contributed by atoms with van der Waals surface area (Å²) < 4.78 is 5.56. The third kappa shape index (κ3) is 1.86. The van der Waals surface area contributed by atoms with Gasteiger partial charge in [-0.15, -0.1) is 0 Å². The second-order valence-corrected chi connectivity index (χ2v) is 5.14. The molecule has 1 aliphatic heterocycles. The Labute approximate surface area is 95.8 Å². The number of nitrogens with one attached hydrogen (secondary N) is 1. The number of ether oxygens (including phenoxy) is 1. The maximum Gasteiger partial charge on any atom is 0.156 e. The van der Waals surface area contributed by atoms with E-state index in [1.54, 1.807) is 0 Å². The molecule has 0 radical (unpaired) electrons. The molecule has 2 unspecified atom stereocenters. The molecule has 1 N–H and O–H groups in total. The number of aromatic amines is 1. The Hall–Kier alpha value is -0.900. The van der Waals surface area contributed by atoms with Crippen LogP contribution in [-0.2, 0) is 4.74 Å². The molecule has 1 aliphatic carbocycles. The minimum Gasteiger partial charge on any atom is -0.378 e. The van der Waals surface area contributed by atoms with Crippen LogP contribution in [0.15, 0.2) is 0 Å². The summed E-state index contributed by atoms with van der Waals surface area (Å²) in [5.74, 6) is 3.10. The Kier molecular flexibility index (Phi) is 2.67. The van der Waals surface area contributed by atoms with E-state index in [1.807, 2.05) is 0 Å². The van der Waals surface area contributed by atoms with Gasteiger partial charge in [-0.25, -0.2) is 4.98 Å². The molecule has 16 heavy (non-hydrogen) atoms. The fourth-order valence-electron chi connectivity index (χ4n) is 2.85. The second kappa shape index (κ2) is 4.17. The van der Waals surface area contributed by atoms with E-state index in [9.17, 15) is 0 Å². The minimum atomic E-state index is 0.360. The average Bonchev–Trinajstić information content (AvgIpc) is 2.97. The van der Waals surface area contributed by atoms with Gasteiger partial charge in [0.05, 0.1) is 12.7 Å². The van der Waals surface area contributed by atoms with Crippen LogP contribution < -0.4 is 0 Å². The van der Waals surface area contributed by atoms with E-state index in [0.29, 0.717) is 17.9 Å². The number of H-pyrrole nitrogens is 1. The molecular formula is C12H19N3O. The first kappa shape index (κ1) is 10.3. The Morgan fingerprint density at radius 1 is 1.25 bits per heavy atom. The van der Waals surface area contributed by atoms with E-state index in [4.69, 9.17) is 4.74 Å². The second-order valence-electron chi connectivity index (χ2n) is 5.14. The van der Waals surface area contributed by atoms with E-state index >= 15 is 0 Å². The van der Waals surface area contributed by atoms with Gasteiger partial charge in [-0.1, -0.05) is 12.8 Å². The molecule has 88 valence electrons. The van der Waals surface area contributed by atoms with Crippen LogP contribution >= 0.6 is 0 Å². The first-order chi connectivity index (χ1) is 7.83. The highest BCUT2D eigenvalue weighted by molar-refractivity contribution is 5.05. The van der Waals surface area contributed by atoms with Crippen LogP contribution in [-0.4, -0.2) is 27.9 Å². The van der Waals surface area contributed by atoms with Crippen molar-refractivity contribution in [2.75, 3.05) is 6.61 Å². The van der Waals surface area contributed by atoms with Gasteiger partial charge in [0.15, 0.2) is 5.82 Å². The summed E-state index contributed by atoms with van der Waals surface area (Å²) >= 11 is 0. The smallest absolute Gasteiger partial charge is 0.156 e. The van der Waals surface area contributed by atoms with Crippen molar-refractivity contribution in [2.24, 2.45) is 0 Å². The lowest BCUT2D eigenvalue weighted by molar-refractivity contribution is 0.123. The first-order valence-corrected chi connectivity index (χ1v) is 6.36. The van der Waals surface area contributed by atoms with Gasteiger partial charge >= 0.3 is 0 Å². The van der Waals surface area contributed by atoms with Crippen molar-refractivity contribution in [3.05, 3.63) is 11.6 Å². The summed E-state index contributed by atoms with van der Waals surface area (Å²) in [6.07, 6.45) is 6.63. The molecule has 4 nitrogen and oxygen atoms in total. The zero-order valence-corrected chi connectivity index (χ0v) is 9.78. The molecule has 0 bridgehead atoms. The van der Waals surface area contributed by atoms with Gasteiger partial charge in [0.1, 0.15) is 5.82 Å². The van der Waals surface area contributed by atoms with Crippen LogP contribution in [0.5, 0.6) is 0 Å². The zero-order valence-electron chi connectivity index (χ0n) is 9.78. The van der Waals surface area contributed by atoms with E-state index < -0.39 is 0 Å². The fourth-order valence-corrected chi connectivity index (χ4v) is 2.85. The molecular weight excluding hydrogens is 202 g/mol. The Balaban J connectivity index is 1.72. The molecule has 2 heterocycles. The summed E-state index contributed by atoms with van der Waals surface area (Å²) in [6, 6.07) is 0. The topological polar surface area (TPSA) is 50.8 Å². The summed E-state index contributed by atoms with van der Waals surface area (Å²) in [7, 11) is 0. The van der Waals surface area contributed by atoms with Gasteiger partial charge in [0, 0.05) is 11.8 Å².